The van der Waals surface area contributed by atoms with E-state index in [9.17, 15) is 9.59 Å². The van der Waals surface area contributed by atoms with Gasteiger partial charge in [-0.25, -0.2) is 9.98 Å². The number of aromatic nitrogens is 1. The summed E-state index contributed by atoms with van der Waals surface area (Å²) in [5, 5.41) is 3.03. The molecule has 2 aliphatic rings. The van der Waals surface area contributed by atoms with Crippen molar-refractivity contribution in [3.05, 3.63) is 71.1 Å². The minimum Gasteiger partial charge on any atom is -0.353 e. The van der Waals surface area contributed by atoms with Gasteiger partial charge in [-0.15, -0.1) is 0 Å². The van der Waals surface area contributed by atoms with E-state index in [1.807, 2.05) is 63.4 Å². The summed E-state index contributed by atoms with van der Waals surface area (Å²) in [5.41, 5.74) is 4.23. The molecule has 0 aliphatic carbocycles. The van der Waals surface area contributed by atoms with Crippen LogP contribution in [-0.2, 0) is 9.59 Å². The number of benzene rings is 1. The molecule has 2 atom stereocenters. The van der Waals surface area contributed by atoms with Gasteiger partial charge in [-0.3, -0.25) is 9.59 Å². The van der Waals surface area contributed by atoms with Crippen LogP contribution in [0.25, 0.3) is 0 Å². The second-order valence-corrected chi connectivity index (χ2v) is 10.8. The maximum absolute atomic E-state index is 13.7. The van der Waals surface area contributed by atoms with Gasteiger partial charge in [0.05, 0.1) is 6.04 Å². The molecule has 1 fully saturated rings. The average molecular weight is 473 g/mol. The van der Waals surface area contributed by atoms with Crippen molar-refractivity contribution >= 4 is 23.2 Å². The Morgan fingerprint density at radius 1 is 1.14 bits per heavy atom. The Kier molecular flexibility index (Phi) is 7.20. The summed E-state index contributed by atoms with van der Waals surface area (Å²) in [5.74, 6) is 0.825. The van der Waals surface area contributed by atoms with Crippen molar-refractivity contribution in [2.45, 2.75) is 59.9 Å². The molecule has 0 bridgehead atoms. The number of aliphatic imine (C=N–C) groups is 1. The fraction of sp³-hybridized carbons (Fsp3) is 0.448. The van der Waals surface area contributed by atoms with E-state index in [1.165, 1.54) is 6.92 Å². The van der Waals surface area contributed by atoms with Gasteiger partial charge >= 0.3 is 0 Å². The van der Waals surface area contributed by atoms with Gasteiger partial charge < -0.3 is 10.2 Å². The summed E-state index contributed by atoms with van der Waals surface area (Å²) in [4.78, 5) is 38.0. The first-order chi connectivity index (χ1) is 16.6. The molecule has 184 valence electrons. The van der Waals surface area contributed by atoms with Crippen LogP contribution in [0.15, 0.2) is 64.9 Å². The number of fused-ring (bicyclic) bond motifs is 1. The fourth-order valence-corrected chi connectivity index (χ4v) is 5.12. The quantitative estimate of drug-likeness (QED) is 0.673. The number of aryl methyl sites for hydroxylation is 1. The first-order valence-corrected chi connectivity index (χ1v) is 12.5. The summed E-state index contributed by atoms with van der Waals surface area (Å²) < 4.78 is 0. The number of anilines is 1. The van der Waals surface area contributed by atoms with Crippen LogP contribution < -0.4 is 10.2 Å². The minimum absolute atomic E-state index is 0.0532. The molecule has 4 rings (SSSR count). The molecule has 1 aromatic heterocycles. The lowest BCUT2D eigenvalue weighted by Crippen LogP contribution is -2.49. The SMILES string of the molecule is CC(=O)C(NC(=O)C1=C2CN(c3cc(C)ccn3)CCCC2CC(c2ccccc2)=N1)C(C)(C)C. The summed E-state index contributed by atoms with van der Waals surface area (Å²) in [6, 6.07) is 13.6. The highest BCUT2D eigenvalue weighted by atomic mass is 16.2. The fourth-order valence-electron chi connectivity index (χ4n) is 5.12. The Hall–Kier alpha value is -3.28. The lowest BCUT2D eigenvalue weighted by atomic mass is 9.83. The number of ketones is 1. The van der Waals surface area contributed by atoms with E-state index >= 15 is 0 Å². The normalized spacial score (nSPS) is 19.4. The monoisotopic (exact) mass is 472 g/mol. The van der Waals surface area contributed by atoms with Crippen LogP contribution in [0.1, 0.15) is 58.1 Å². The summed E-state index contributed by atoms with van der Waals surface area (Å²) in [6.45, 7) is 11.0. The predicted octanol–water partition coefficient (Wildman–Crippen LogP) is 4.87. The number of carbonyl (C=O) groups is 2. The van der Waals surface area contributed by atoms with Crippen molar-refractivity contribution in [3.63, 3.8) is 0 Å². The van der Waals surface area contributed by atoms with Gasteiger partial charge in [-0.05, 0) is 73.3 Å². The van der Waals surface area contributed by atoms with Crippen molar-refractivity contribution in [2.24, 2.45) is 16.3 Å². The van der Waals surface area contributed by atoms with Gasteiger partial charge in [0.25, 0.3) is 5.91 Å². The van der Waals surface area contributed by atoms with E-state index < -0.39 is 11.5 Å². The minimum atomic E-state index is -0.584. The second-order valence-electron chi connectivity index (χ2n) is 10.8. The van der Waals surface area contributed by atoms with E-state index in [0.29, 0.717) is 12.2 Å². The number of carbonyl (C=O) groups excluding carboxylic acids is 2. The highest BCUT2D eigenvalue weighted by Crippen LogP contribution is 2.35. The van der Waals surface area contributed by atoms with Crippen LogP contribution in [0, 0.1) is 18.3 Å². The van der Waals surface area contributed by atoms with E-state index in [0.717, 1.165) is 54.0 Å². The summed E-state index contributed by atoms with van der Waals surface area (Å²) in [6.07, 6.45) is 4.64. The molecule has 1 aromatic carbocycles. The third-order valence-electron chi connectivity index (χ3n) is 6.92. The van der Waals surface area contributed by atoms with Crippen molar-refractivity contribution in [1.29, 1.82) is 0 Å². The van der Waals surface area contributed by atoms with Crippen molar-refractivity contribution < 1.29 is 9.59 Å². The van der Waals surface area contributed by atoms with Gasteiger partial charge in [-0.2, -0.15) is 0 Å². The molecule has 2 aliphatic heterocycles. The third kappa shape index (κ3) is 5.69. The zero-order valence-electron chi connectivity index (χ0n) is 21.5. The third-order valence-corrected chi connectivity index (χ3v) is 6.92. The van der Waals surface area contributed by atoms with Gasteiger partial charge in [0.15, 0.2) is 5.78 Å². The summed E-state index contributed by atoms with van der Waals surface area (Å²) >= 11 is 0. The predicted molar refractivity (Wildman–Crippen MR) is 141 cm³/mol. The lowest BCUT2D eigenvalue weighted by Gasteiger charge is -2.32. The van der Waals surface area contributed by atoms with E-state index in [1.54, 1.807) is 0 Å². The topological polar surface area (TPSA) is 74.7 Å². The number of pyridine rings is 1. The molecule has 3 heterocycles. The summed E-state index contributed by atoms with van der Waals surface area (Å²) in [7, 11) is 0. The second kappa shape index (κ2) is 10.1. The van der Waals surface area contributed by atoms with E-state index in [2.05, 4.69) is 28.2 Å². The Morgan fingerprint density at radius 2 is 1.89 bits per heavy atom. The van der Waals surface area contributed by atoms with Gasteiger partial charge in [-0.1, -0.05) is 51.1 Å². The molecule has 0 radical (unpaired) electrons. The molecule has 0 spiro atoms. The largest absolute Gasteiger partial charge is 0.353 e. The number of hydrogen-bond acceptors (Lipinski definition) is 5. The number of hydrogen-bond donors (Lipinski definition) is 1. The lowest BCUT2D eigenvalue weighted by molar-refractivity contribution is -0.127. The Morgan fingerprint density at radius 3 is 2.54 bits per heavy atom. The first-order valence-electron chi connectivity index (χ1n) is 12.5. The number of nitrogens with one attached hydrogen (secondary N) is 1. The molecule has 1 amide bonds. The average Bonchev–Trinajstić information content (AvgIpc) is 3.04. The highest BCUT2D eigenvalue weighted by molar-refractivity contribution is 6.07. The Labute approximate surface area is 208 Å². The molecule has 0 saturated carbocycles. The van der Waals surface area contributed by atoms with Crippen LogP contribution in [0.2, 0.25) is 0 Å². The molecule has 2 unspecified atom stereocenters. The Bertz CT molecular complexity index is 1160. The molecule has 2 aromatic rings. The number of rotatable bonds is 5. The van der Waals surface area contributed by atoms with Gasteiger partial charge in [0.2, 0.25) is 0 Å². The maximum Gasteiger partial charge on any atom is 0.270 e. The highest BCUT2D eigenvalue weighted by Gasteiger charge is 2.36. The molecular formula is C29H36N4O2. The van der Waals surface area contributed by atoms with Crippen LogP contribution in [-0.4, -0.2) is 41.5 Å². The molecule has 6 nitrogen and oxygen atoms in total. The molecule has 6 heteroatoms. The van der Waals surface area contributed by atoms with Crippen LogP contribution in [0.3, 0.4) is 0 Å². The van der Waals surface area contributed by atoms with Crippen molar-refractivity contribution in [1.82, 2.24) is 10.3 Å². The molecule has 1 saturated heterocycles. The van der Waals surface area contributed by atoms with Crippen molar-refractivity contribution in [3.8, 4) is 0 Å². The van der Waals surface area contributed by atoms with Crippen LogP contribution >= 0.6 is 0 Å². The first kappa shape index (κ1) is 24.8. The van der Waals surface area contributed by atoms with E-state index in [4.69, 9.17) is 4.99 Å². The van der Waals surface area contributed by atoms with Crippen LogP contribution in [0.4, 0.5) is 5.82 Å². The smallest absolute Gasteiger partial charge is 0.270 e. The number of Topliss-reactive ketones (excluding diaryl/α,β-unsaturated/α-hetero) is 1. The standard InChI is InChI=1S/C29H36N4O2/c1-19-13-14-30-25(16-19)33-15-9-12-22-17-24(21-10-7-6-8-11-21)31-26(23(22)18-33)28(35)32-27(20(2)34)29(3,4)5/h6-8,10-11,13-14,16,22,27H,9,12,15,17-18H2,1-5H3,(H,32,35). The van der Waals surface area contributed by atoms with Crippen LogP contribution in [0.5, 0.6) is 0 Å². The van der Waals surface area contributed by atoms with Gasteiger partial charge in [0.1, 0.15) is 11.5 Å². The molecule has 35 heavy (non-hydrogen) atoms. The zero-order chi connectivity index (χ0) is 25.2. The van der Waals surface area contributed by atoms with Crippen molar-refractivity contribution in [2.75, 3.05) is 18.0 Å². The maximum atomic E-state index is 13.7. The molecular weight excluding hydrogens is 436 g/mol. The zero-order valence-corrected chi connectivity index (χ0v) is 21.5. The molecule has 1 N–H and O–H groups in total. The van der Waals surface area contributed by atoms with Gasteiger partial charge in [0, 0.05) is 25.0 Å². The van der Waals surface area contributed by atoms with E-state index in [-0.39, 0.29) is 17.6 Å². The number of amides is 1. The number of nitrogens with zero attached hydrogens (tertiary/aromatic N) is 3. The Balaban J connectivity index is 1.77.